The van der Waals surface area contributed by atoms with Crippen LogP contribution in [-0.4, -0.2) is 53.8 Å². The number of amides is 2. The highest BCUT2D eigenvalue weighted by atomic mass is 35.5. The lowest BCUT2D eigenvalue weighted by atomic mass is 10.1. The van der Waals surface area contributed by atoms with E-state index in [1.165, 1.54) is 12.1 Å². The van der Waals surface area contributed by atoms with Gasteiger partial charge >= 0.3 is 0 Å². The van der Waals surface area contributed by atoms with Gasteiger partial charge in [0.1, 0.15) is 5.82 Å². The van der Waals surface area contributed by atoms with Crippen molar-refractivity contribution in [2.75, 3.05) is 31.5 Å². The van der Waals surface area contributed by atoms with Crippen molar-refractivity contribution in [2.24, 2.45) is 0 Å². The summed E-state index contributed by atoms with van der Waals surface area (Å²) in [5.41, 5.74) is 1.46. The van der Waals surface area contributed by atoms with Crippen molar-refractivity contribution in [2.45, 2.75) is 19.4 Å². The molecule has 0 aliphatic carbocycles. The molecule has 2 amide bonds. The molecule has 1 N–H and O–H groups in total. The zero-order chi connectivity index (χ0) is 20.1. The second kappa shape index (κ2) is 9.17. The van der Waals surface area contributed by atoms with Gasteiger partial charge < -0.3 is 10.2 Å². The topological polar surface area (TPSA) is 52.7 Å². The van der Waals surface area contributed by atoms with Crippen LogP contribution in [0.25, 0.3) is 0 Å². The number of nitrogens with zero attached hydrogens (tertiary/aromatic N) is 2. The Labute approximate surface area is 169 Å². The summed E-state index contributed by atoms with van der Waals surface area (Å²) in [5.74, 6) is -0.398. The molecule has 0 aromatic heterocycles. The second-order valence-electron chi connectivity index (χ2n) is 6.90. The Kier molecular flexibility index (Phi) is 6.65. The van der Waals surface area contributed by atoms with Gasteiger partial charge in [-0.1, -0.05) is 29.8 Å². The number of anilines is 1. The van der Waals surface area contributed by atoms with Crippen molar-refractivity contribution in [3.8, 4) is 0 Å². The van der Waals surface area contributed by atoms with E-state index in [0.29, 0.717) is 36.9 Å². The quantitative estimate of drug-likeness (QED) is 0.834. The summed E-state index contributed by atoms with van der Waals surface area (Å²) in [4.78, 5) is 28.8. The van der Waals surface area contributed by atoms with E-state index in [-0.39, 0.29) is 30.1 Å². The lowest BCUT2D eigenvalue weighted by Crippen LogP contribution is -2.54. The van der Waals surface area contributed by atoms with Crippen LogP contribution >= 0.6 is 11.6 Å². The molecule has 1 aliphatic heterocycles. The Balaban J connectivity index is 1.49. The number of piperazine rings is 1. The average molecular weight is 404 g/mol. The second-order valence-corrected chi connectivity index (χ2v) is 7.33. The molecule has 1 atom stereocenters. The molecule has 0 radical (unpaired) electrons. The van der Waals surface area contributed by atoms with Gasteiger partial charge in [-0.15, -0.1) is 0 Å². The van der Waals surface area contributed by atoms with Gasteiger partial charge in [-0.25, -0.2) is 4.39 Å². The van der Waals surface area contributed by atoms with Gasteiger partial charge in [-0.2, -0.15) is 0 Å². The van der Waals surface area contributed by atoms with E-state index in [1.807, 2.05) is 6.92 Å². The molecular weight excluding hydrogens is 381 g/mol. The van der Waals surface area contributed by atoms with Gasteiger partial charge in [0.05, 0.1) is 12.5 Å². The monoisotopic (exact) mass is 403 g/mol. The summed E-state index contributed by atoms with van der Waals surface area (Å²) in [6, 6.07) is 12.7. The number of carbonyl (C=O) groups is 2. The summed E-state index contributed by atoms with van der Waals surface area (Å²) in [6.45, 7) is 4.23. The molecule has 3 rings (SSSR count). The SMILES string of the molecule is CC(C(=O)Nc1cccc(Cl)c1)N1CCN(C(=O)Cc2ccc(F)cc2)CC1. The number of hydrogen-bond donors (Lipinski definition) is 1. The van der Waals surface area contributed by atoms with Crippen molar-refractivity contribution < 1.29 is 14.0 Å². The van der Waals surface area contributed by atoms with Crippen LogP contribution in [0, 0.1) is 5.82 Å². The van der Waals surface area contributed by atoms with E-state index < -0.39 is 0 Å². The van der Waals surface area contributed by atoms with E-state index in [1.54, 1.807) is 41.3 Å². The number of carbonyl (C=O) groups excluding carboxylic acids is 2. The fourth-order valence-corrected chi connectivity index (χ4v) is 3.42. The van der Waals surface area contributed by atoms with Crippen LogP contribution in [0.2, 0.25) is 5.02 Å². The number of halogens is 2. The molecule has 0 saturated carbocycles. The van der Waals surface area contributed by atoms with E-state index in [0.717, 1.165) is 5.56 Å². The zero-order valence-electron chi connectivity index (χ0n) is 15.7. The highest BCUT2D eigenvalue weighted by Crippen LogP contribution is 2.16. The van der Waals surface area contributed by atoms with E-state index in [9.17, 15) is 14.0 Å². The van der Waals surface area contributed by atoms with Crippen LogP contribution in [0.3, 0.4) is 0 Å². The predicted octanol–water partition coefficient (Wildman–Crippen LogP) is 3.19. The average Bonchev–Trinajstić information content (AvgIpc) is 2.69. The summed E-state index contributed by atoms with van der Waals surface area (Å²) >= 11 is 5.95. The van der Waals surface area contributed by atoms with Gasteiger partial charge in [-0.3, -0.25) is 14.5 Å². The first-order valence-corrected chi connectivity index (χ1v) is 9.63. The highest BCUT2D eigenvalue weighted by molar-refractivity contribution is 6.30. The molecule has 1 saturated heterocycles. The molecule has 148 valence electrons. The van der Waals surface area contributed by atoms with Gasteiger partial charge in [0.15, 0.2) is 0 Å². The molecule has 0 spiro atoms. The molecule has 7 heteroatoms. The molecule has 2 aromatic rings. The van der Waals surface area contributed by atoms with Gasteiger partial charge in [-0.05, 0) is 42.8 Å². The van der Waals surface area contributed by atoms with Crippen LogP contribution in [0.15, 0.2) is 48.5 Å². The van der Waals surface area contributed by atoms with Crippen molar-refractivity contribution in [3.05, 3.63) is 64.9 Å². The van der Waals surface area contributed by atoms with Gasteiger partial charge in [0.25, 0.3) is 0 Å². The standard InChI is InChI=1S/C21H23ClFN3O2/c1-15(21(28)24-19-4-2-3-17(22)14-19)25-9-11-26(12-10-25)20(27)13-16-5-7-18(23)8-6-16/h2-8,14-15H,9-13H2,1H3,(H,24,28). The molecule has 1 aliphatic rings. The number of rotatable bonds is 5. The summed E-state index contributed by atoms with van der Waals surface area (Å²) in [5, 5.41) is 3.44. The largest absolute Gasteiger partial charge is 0.340 e. The first-order chi connectivity index (χ1) is 13.4. The molecule has 1 heterocycles. The van der Waals surface area contributed by atoms with E-state index in [2.05, 4.69) is 10.2 Å². The first-order valence-electron chi connectivity index (χ1n) is 9.25. The lowest BCUT2D eigenvalue weighted by molar-refractivity contribution is -0.133. The Morgan fingerprint density at radius 3 is 2.43 bits per heavy atom. The third-order valence-electron chi connectivity index (χ3n) is 4.95. The first kappa shape index (κ1) is 20.3. The Hall–Kier alpha value is -2.44. The third-order valence-corrected chi connectivity index (χ3v) is 5.19. The fraction of sp³-hybridized carbons (Fsp3) is 0.333. The Morgan fingerprint density at radius 1 is 1.11 bits per heavy atom. The lowest BCUT2D eigenvalue weighted by Gasteiger charge is -2.37. The number of benzene rings is 2. The predicted molar refractivity (Wildman–Crippen MR) is 108 cm³/mol. The van der Waals surface area contributed by atoms with Crippen molar-refractivity contribution in [3.63, 3.8) is 0 Å². The molecule has 1 fully saturated rings. The smallest absolute Gasteiger partial charge is 0.241 e. The van der Waals surface area contributed by atoms with Gasteiger partial charge in [0.2, 0.25) is 11.8 Å². The van der Waals surface area contributed by atoms with Crippen molar-refractivity contribution in [1.82, 2.24) is 9.80 Å². The van der Waals surface area contributed by atoms with Crippen LogP contribution in [0.1, 0.15) is 12.5 Å². The maximum Gasteiger partial charge on any atom is 0.241 e. The number of hydrogen-bond acceptors (Lipinski definition) is 3. The summed E-state index contributed by atoms with van der Waals surface area (Å²) in [7, 11) is 0. The molecule has 0 bridgehead atoms. The normalized spacial score (nSPS) is 15.9. The minimum absolute atomic E-state index is 0.0160. The zero-order valence-corrected chi connectivity index (χ0v) is 16.5. The molecule has 2 aromatic carbocycles. The third kappa shape index (κ3) is 5.30. The van der Waals surface area contributed by atoms with Crippen LogP contribution in [-0.2, 0) is 16.0 Å². The van der Waals surface area contributed by atoms with Gasteiger partial charge in [0, 0.05) is 36.9 Å². The Morgan fingerprint density at radius 2 is 1.79 bits per heavy atom. The highest BCUT2D eigenvalue weighted by Gasteiger charge is 2.27. The summed E-state index contributed by atoms with van der Waals surface area (Å²) in [6.07, 6.45) is 0.255. The molecule has 28 heavy (non-hydrogen) atoms. The Bertz CT molecular complexity index is 836. The minimum atomic E-state index is -0.312. The summed E-state index contributed by atoms with van der Waals surface area (Å²) < 4.78 is 13.0. The molecule has 1 unspecified atom stereocenters. The van der Waals surface area contributed by atoms with E-state index in [4.69, 9.17) is 11.6 Å². The van der Waals surface area contributed by atoms with Crippen LogP contribution < -0.4 is 5.32 Å². The minimum Gasteiger partial charge on any atom is -0.340 e. The molecular formula is C21H23ClFN3O2. The van der Waals surface area contributed by atoms with Crippen molar-refractivity contribution >= 4 is 29.1 Å². The number of nitrogens with one attached hydrogen (secondary N) is 1. The fourth-order valence-electron chi connectivity index (χ4n) is 3.23. The maximum absolute atomic E-state index is 13.0. The van der Waals surface area contributed by atoms with E-state index >= 15 is 0 Å². The maximum atomic E-state index is 13.0. The van der Waals surface area contributed by atoms with Crippen molar-refractivity contribution in [1.29, 1.82) is 0 Å². The van der Waals surface area contributed by atoms with Crippen LogP contribution in [0.4, 0.5) is 10.1 Å². The van der Waals surface area contributed by atoms with Crippen LogP contribution in [0.5, 0.6) is 0 Å². The molecule has 5 nitrogen and oxygen atoms in total.